The van der Waals surface area contributed by atoms with E-state index in [1.165, 1.54) is 0 Å². The van der Waals surface area contributed by atoms with E-state index >= 15 is 0 Å². The zero-order valence-electron chi connectivity index (χ0n) is 12.2. The molecule has 0 atom stereocenters. The van der Waals surface area contributed by atoms with E-state index in [4.69, 9.17) is 4.74 Å². The summed E-state index contributed by atoms with van der Waals surface area (Å²) in [6.07, 6.45) is 0. The van der Waals surface area contributed by atoms with Crippen LogP contribution in [0.4, 0.5) is 4.39 Å². The van der Waals surface area contributed by atoms with Crippen molar-refractivity contribution in [2.45, 2.75) is 6.92 Å². The first-order chi connectivity index (χ1) is 10.7. The highest BCUT2D eigenvalue weighted by molar-refractivity contribution is 6.04. The number of carbonyl (C=O) groups excluding carboxylic acids is 1. The van der Waals surface area contributed by atoms with Crippen molar-refractivity contribution >= 4 is 16.6 Å². The van der Waals surface area contributed by atoms with Crippen molar-refractivity contribution in [3.05, 3.63) is 66.2 Å². The second-order valence-electron chi connectivity index (χ2n) is 5.08. The van der Waals surface area contributed by atoms with Gasteiger partial charge in [-0.25, -0.2) is 4.39 Å². The van der Waals surface area contributed by atoms with Crippen LogP contribution in [-0.2, 0) is 0 Å². The van der Waals surface area contributed by atoms with Gasteiger partial charge in [0.25, 0.3) is 0 Å². The Kier molecular flexibility index (Phi) is 3.88. The summed E-state index contributed by atoms with van der Waals surface area (Å²) in [4.78, 5) is 11.8. The van der Waals surface area contributed by atoms with Crippen LogP contribution in [0, 0.1) is 0 Å². The highest BCUT2D eigenvalue weighted by Crippen LogP contribution is 2.31. The van der Waals surface area contributed by atoms with E-state index in [0.717, 1.165) is 21.9 Å². The molecule has 3 aromatic carbocycles. The topological polar surface area (TPSA) is 26.3 Å². The van der Waals surface area contributed by atoms with Crippen molar-refractivity contribution in [2.75, 3.05) is 6.86 Å². The molecule has 2 nitrogen and oxygen atoms in total. The molecule has 3 heteroatoms. The average Bonchev–Trinajstić information content (AvgIpc) is 2.55. The fraction of sp³-hybridized carbons (Fsp3) is 0.105. The van der Waals surface area contributed by atoms with Crippen molar-refractivity contribution in [1.82, 2.24) is 0 Å². The predicted octanol–water partition coefficient (Wildman–Crippen LogP) is 5.02. The molecular weight excluding hydrogens is 279 g/mol. The second-order valence-corrected chi connectivity index (χ2v) is 5.08. The maximum atomic E-state index is 12.2. The third-order valence-corrected chi connectivity index (χ3v) is 3.65. The largest absolute Gasteiger partial charge is 0.463 e. The summed E-state index contributed by atoms with van der Waals surface area (Å²) in [7, 11) is 0. The second kappa shape index (κ2) is 5.98. The quantitative estimate of drug-likeness (QED) is 0.632. The van der Waals surface area contributed by atoms with Crippen molar-refractivity contribution < 1.29 is 13.9 Å². The highest BCUT2D eigenvalue weighted by Gasteiger charge is 2.09. The van der Waals surface area contributed by atoms with Crippen molar-refractivity contribution in [3.63, 3.8) is 0 Å². The number of Topliss-reactive ketones (excluding diaryl/α,β-unsaturated/α-hetero) is 1. The molecule has 3 aromatic rings. The number of alkyl halides is 1. The number of benzene rings is 3. The minimum absolute atomic E-state index is 0.0318. The van der Waals surface area contributed by atoms with Gasteiger partial charge in [0.15, 0.2) is 5.78 Å². The molecule has 0 N–H and O–H groups in total. The highest BCUT2D eigenvalue weighted by atomic mass is 19.1. The smallest absolute Gasteiger partial charge is 0.228 e. The molecule has 0 amide bonds. The number of ether oxygens (including phenoxy) is 1. The van der Waals surface area contributed by atoms with Crippen LogP contribution in [0.1, 0.15) is 17.3 Å². The van der Waals surface area contributed by atoms with Crippen LogP contribution in [0.25, 0.3) is 21.9 Å². The fourth-order valence-corrected chi connectivity index (χ4v) is 2.55. The minimum atomic E-state index is -0.845. The van der Waals surface area contributed by atoms with E-state index in [1.807, 2.05) is 48.5 Å². The Morgan fingerprint density at radius 2 is 1.77 bits per heavy atom. The molecule has 0 unspecified atom stereocenters. The predicted molar refractivity (Wildman–Crippen MR) is 86.0 cm³/mol. The third kappa shape index (κ3) is 2.70. The summed E-state index contributed by atoms with van der Waals surface area (Å²) in [6, 6.07) is 18.9. The molecule has 0 spiro atoms. The van der Waals surface area contributed by atoms with Gasteiger partial charge in [0.05, 0.1) is 0 Å². The van der Waals surface area contributed by atoms with E-state index in [9.17, 15) is 9.18 Å². The van der Waals surface area contributed by atoms with Gasteiger partial charge in [0, 0.05) is 5.56 Å². The molecule has 0 aliphatic carbocycles. The van der Waals surface area contributed by atoms with E-state index in [2.05, 4.69) is 0 Å². The van der Waals surface area contributed by atoms with Gasteiger partial charge in [-0.05, 0) is 53.1 Å². The van der Waals surface area contributed by atoms with Crippen LogP contribution in [-0.4, -0.2) is 12.6 Å². The summed E-state index contributed by atoms with van der Waals surface area (Å²) in [5.74, 6) is 0.516. The van der Waals surface area contributed by atoms with Gasteiger partial charge in [-0.15, -0.1) is 0 Å². The molecule has 0 aliphatic rings. The van der Waals surface area contributed by atoms with Gasteiger partial charge < -0.3 is 4.74 Å². The van der Waals surface area contributed by atoms with Crippen molar-refractivity contribution in [2.24, 2.45) is 0 Å². The molecule has 110 valence electrons. The average molecular weight is 294 g/mol. The summed E-state index contributed by atoms with van der Waals surface area (Å²) < 4.78 is 17.0. The Hall–Kier alpha value is -2.68. The molecule has 0 saturated heterocycles. The molecule has 0 aliphatic heterocycles. The van der Waals surface area contributed by atoms with E-state index in [1.54, 1.807) is 19.1 Å². The SMILES string of the molecule is CC(=O)c1cc(-c2ccc(OCF)cc2)c2ccccc2c1. The summed E-state index contributed by atoms with van der Waals surface area (Å²) >= 11 is 0. The number of hydrogen-bond acceptors (Lipinski definition) is 2. The number of halogens is 1. The van der Waals surface area contributed by atoms with E-state index < -0.39 is 6.86 Å². The Morgan fingerprint density at radius 1 is 1.05 bits per heavy atom. The van der Waals surface area contributed by atoms with Crippen molar-refractivity contribution in [1.29, 1.82) is 0 Å². The lowest BCUT2D eigenvalue weighted by Crippen LogP contribution is -1.94. The maximum absolute atomic E-state index is 12.2. The molecule has 0 heterocycles. The zero-order chi connectivity index (χ0) is 15.5. The molecule has 3 rings (SSSR count). The number of fused-ring (bicyclic) bond motifs is 1. The van der Waals surface area contributed by atoms with Gasteiger partial charge in [-0.1, -0.05) is 36.4 Å². The van der Waals surface area contributed by atoms with Crippen LogP contribution in [0.5, 0.6) is 5.75 Å². The lowest BCUT2D eigenvalue weighted by Gasteiger charge is -2.10. The van der Waals surface area contributed by atoms with Gasteiger partial charge in [0.2, 0.25) is 6.86 Å². The molecule has 0 saturated carbocycles. The summed E-state index contributed by atoms with van der Waals surface area (Å²) in [6.45, 7) is 0.716. The van der Waals surface area contributed by atoms with Gasteiger partial charge in [-0.2, -0.15) is 0 Å². The number of ketones is 1. The maximum Gasteiger partial charge on any atom is 0.228 e. The first-order valence-electron chi connectivity index (χ1n) is 7.02. The Bertz CT molecular complexity index is 822. The monoisotopic (exact) mass is 294 g/mol. The lowest BCUT2D eigenvalue weighted by atomic mass is 9.94. The Morgan fingerprint density at radius 3 is 2.45 bits per heavy atom. The molecular formula is C19H15FO2. The van der Waals surface area contributed by atoms with Crippen LogP contribution in [0.2, 0.25) is 0 Å². The van der Waals surface area contributed by atoms with E-state index in [0.29, 0.717) is 11.3 Å². The molecule has 0 fully saturated rings. The summed E-state index contributed by atoms with van der Waals surface area (Å²) in [5, 5.41) is 2.10. The van der Waals surface area contributed by atoms with Crippen LogP contribution in [0.3, 0.4) is 0 Å². The normalized spacial score (nSPS) is 10.6. The first kappa shape index (κ1) is 14.3. The Labute approximate surface area is 128 Å². The minimum Gasteiger partial charge on any atom is -0.463 e. The zero-order valence-corrected chi connectivity index (χ0v) is 12.2. The van der Waals surface area contributed by atoms with Gasteiger partial charge >= 0.3 is 0 Å². The van der Waals surface area contributed by atoms with Crippen molar-refractivity contribution in [3.8, 4) is 16.9 Å². The fourth-order valence-electron chi connectivity index (χ4n) is 2.55. The number of carbonyl (C=O) groups is 1. The summed E-state index contributed by atoms with van der Waals surface area (Å²) in [5.41, 5.74) is 2.62. The lowest BCUT2D eigenvalue weighted by molar-refractivity contribution is 0.101. The first-order valence-corrected chi connectivity index (χ1v) is 7.02. The number of hydrogen-bond donors (Lipinski definition) is 0. The Balaban J connectivity index is 2.17. The third-order valence-electron chi connectivity index (χ3n) is 3.65. The molecule has 0 bridgehead atoms. The molecule has 0 radical (unpaired) electrons. The van der Waals surface area contributed by atoms with Gasteiger partial charge in [0.1, 0.15) is 5.75 Å². The van der Waals surface area contributed by atoms with Crippen LogP contribution < -0.4 is 4.74 Å². The van der Waals surface area contributed by atoms with Crippen LogP contribution in [0.15, 0.2) is 60.7 Å². The van der Waals surface area contributed by atoms with Gasteiger partial charge in [-0.3, -0.25) is 4.79 Å². The van der Waals surface area contributed by atoms with E-state index in [-0.39, 0.29) is 5.78 Å². The molecule has 22 heavy (non-hydrogen) atoms. The standard InChI is InChI=1S/C19H15FO2/c1-13(21)16-10-15-4-2-3-5-18(15)19(11-16)14-6-8-17(9-7-14)22-12-20/h2-11H,12H2,1H3. The number of rotatable bonds is 4. The van der Waals surface area contributed by atoms with Crippen LogP contribution >= 0.6 is 0 Å². The molecule has 0 aromatic heterocycles.